The number of carbonyl (C=O) groups is 1. The lowest BCUT2D eigenvalue weighted by Gasteiger charge is -2.23. The van der Waals surface area contributed by atoms with Gasteiger partial charge in [-0.05, 0) is 44.2 Å². The van der Waals surface area contributed by atoms with Crippen LogP contribution in [0.15, 0.2) is 47.9 Å². The summed E-state index contributed by atoms with van der Waals surface area (Å²) in [5, 5.41) is 14.4. The first-order chi connectivity index (χ1) is 15.7. The number of hydrazine groups is 1. The van der Waals surface area contributed by atoms with Crippen LogP contribution >= 0.6 is 0 Å². The number of nitrogens with zero attached hydrogens (tertiary/aromatic N) is 3. The zero-order valence-electron chi connectivity index (χ0n) is 18.4. The average molecular weight is 449 g/mol. The van der Waals surface area contributed by atoms with E-state index in [0.717, 1.165) is 0 Å². The number of ether oxygens (including phenoxy) is 1. The van der Waals surface area contributed by atoms with Gasteiger partial charge in [0.25, 0.3) is 0 Å². The second-order valence-electron chi connectivity index (χ2n) is 8.01. The maximum Gasteiger partial charge on any atom is 0.226 e. The van der Waals surface area contributed by atoms with E-state index in [1.165, 1.54) is 29.4 Å². The predicted octanol–water partition coefficient (Wildman–Crippen LogP) is 2.22. The summed E-state index contributed by atoms with van der Waals surface area (Å²) < 4.78 is 20.2. The van der Waals surface area contributed by atoms with Crippen LogP contribution in [0.1, 0.15) is 31.1 Å². The Hall–Kier alpha value is -3.94. The molecule has 3 atom stereocenters. The Morgan fingerprint density at radius 3 is 2.85 bits per heavy atom. The van der Waals surface area contributed by atoms with Crippen molar-refractivity contribution in [2.75, 3.05) is 18.1 Å². The number of carbonyl (C=O) groups excluding carboxylic acids is 1. The molecule has 2 aromatic rings. The number of aromatic nitrogens is 1. The molecule has 2 unspecified atom stereocenters. The molecule has 0 saturated heterocycles. The molecule has 0 spiro atoms. The summed E-state index contributed by atoms with van der Waals surface area (Å²) in [6.07, 6.45) is 2.43. The minimum Gasteiger partial charge on any atom is -0.482 e. The highest BCUT2D eigenvalue weighted by molar-refractivity contribution is 6.15. The van der Waals surface area contributed by atoms with E-state index >= 15 is 0 Å². The van der Waals surface area contributed by atoms with Crippen LogP contribution in [0.4, 0.5) is 15.9 Å². The fourth-order valence-electron chi connectivity index (χ4n) is 3.96. The number of anilines is 2. The Bertz CT molecular complexity index is 1230. The lowest BCUT2D eigenvalue weighted by atomic mass is 9.96. The van der Waals surface area contributed by atoms with Crippen molar-refractivity contribution >= 4 is 22.9 Å². The van der Waals surface area contributed by atoms with Gasteiger partial charge in [-0.2, -0.15) is 5.26 Å². The standard InChI is InChI=1S/C23H24FN7O2/c1-11(26)6-17-22(32)21-20(18(9-25)30-31(21)3)13-7-19(23(27)28-10-13)33-12(2)15-8-14(24)4-5-16(15)29-17/h4-8,10-12,18,29-30H,26H2,1-3H3,(H2,27,28)/b17-6-/t11?,12-,18?/m1/s1. The van der Waals surface area contributed by atoms with Gasteiger partial charge in [-0.25, -0.2) is 14.8 Å². The number of Topliss-reactive ketones (excluding diaryl/α,β-unsaturated/α-hetero) is 1. The Labute approximate surface area is 190 Å². The number of nitrogens with one attached hydrogen (secondary N) is 2. The number of likely N-dealkylation sites (N-methyl/N-ethyl adjacent to an activating group) is 1. The summed E-state index contributed by atoms with van der Waals surface area (Å²) in [7, 11) is 1.65. The van der Waals surface area contributed by atoms with Gasteiger partial charge in [-0.3, -0.25) is 4.79 Å². The summed E-state index contributed by atoms with van der Waals surface area (Å²) in [5.74, 6) is -0.457. The van der Waals surface area contributed by atoms with Gasteiger partial charge in [0.05, 0.1) is 11.8 Å². The molecule has 6 N–H and O–H groups in total. The zero-order valence-corrected chi connectivity index (χ0v) is 18.4. The summed E-state index contributed by atoms with van der Waals surface area (Å²) in [6, 6.07) is 6.69. The van der Waals surface area contributed by atoms with E-state index in [-0.39, 0.29) is 23.0 Å². The van der Waals surface area contributed by atoms with E-state index in [1.807, 2.05) is 0 Å². The maximum atomic E-state index is 14.1. The molecule has 1 aromatic carbocycles. The average Bonchev–Trinajstić information content (AvgIpc) is 3.10. The van der Waals surface area contributed by atoms with Gasteiger partial charge in [0.1, 0.15) is 23.7 Å². The third-order valence-electron chi connectivity index (χ3n) is 5.44. The number of nitrogen functional groups attached to an aromatic ring is 1. The van der Waals surface area contributed by atoms with Gasteiger partial charge >= 0.3 is 0 Å². The molecular formula is C23H24FN7O2. The van der Waals surface area contributed by atoms with Crippen molar-refractivity contribution in [1.29, 1.82) is 5.26 Å². The van der Waals surface area contributed by atoms with Gasteiger partial charge in [0.15, 0.2) is 11.6 Å². The van der Waals surface area contributed by atoms with Gasteiger partial charge in [0, 0.05) is 41.7 Å². The Balaban J connectivity index is 2.02. The molecule has 9 nitrogen and oxygen atoms in total. The Kier molecular flexibility index (Phi) is 5.76. The molecule has 3 heterocycles. The van der Waals surface area contributed by atoms with E-state index in [9.17, 15) is 14.4 Å². The highest BCUT2D eigenvalue weighted by atomic mass is 19.1. The van der Waals surface area contributed by atoms with Crippen molar-refractivity contribution in [2.45, 2.75) is 32.0 Å². The third kappa shape index (κ3) is 4.11. The Morgan fingerprint density at radius 1 is 1.39 bits per heavy atom. The number of ketones is 1. The number of halogens is 1. The van der Waals surface area contributed by atoms with Gasteiger partial charge < -0.3 is 26.5 Å². The molecule has 4 rings (SSSR count). The van der Waals surface area contributed by atoms with Crippen LogP contribution in [0, 0.1) is 17.1 Å². The minimum absolute atomic E-state index is 0.132. The van der Waals surface area contributed by atoms with E-state index in [4.69, 9.17) is 16.2 Å². The van der Waals surface area contributed by atoms with E-state index in [2.05, 4.69) is 21.8 Å². The van der Waals surface area contributed by atoms with Crippen molar-refractivity contribution < 1.29 is 13.9 Å². The monoisotopic (exact) mass is 449 g/mol. The SMILES string of the molecule is CC(N)/C=C1\Nc2ccc(F)cc2[C@@H](C)Oc2cc(cnc2N)C2=C(C1=O)N(C)NC2C#N. The van der Waals surface area contributed by atoms with Crippen LogP contribution in [0.5, 0.6) is 5.75 Å². The molecule has 1 aromatic heterocycles. The molecule has 10 heteroatoms. The molecule has 0 aliphatic carbocycles. The van der Waals surface area contributed by atoms with Crippen LogP contribution in [0.3, 0.4) is 0 Å². The fourth-order valence-corrected chi connectivity index (χ4v) is 3.96. The van der Waals surface area contributed by atoms with Crippen LogP contribution in [-0.2, 0) is 4.79 Å². The first kappa shape index (κ1) is 22.3. The van der Waals surface area contributed by atoms with Crippen LogP contribution in [0.25, 0.3) is 5.57 Å². The van der Waals surface area contributed by atoms with Gasteiger partial charge in [0.2, 0.25) is 5.78 Å². The maximum absolute atomic E-state index is 14.1. The number of benzene rings is 1. The molecule has 2 aliphatic rings. The lowest BCUT2D eigenvalue weighted by molar-refractivity contribution is -0.113. The number of rotatable bonds is 1. The van der Waals surface area contributed by atoms with Crippen LogP contribution in [-0.4, -0.2) is 34.9 Å². The number of pyridine rings is 1. The zero-order chi connectivity index (χ0) is 23.9. The summed E-state index contributed by atoms with van der Waals surface area (Å²) in [4.78, 5) is 18.0. The van der Waals surface area contributed by atoms with Gasteiger partial charge in [-0.1, -0.05) is 0 Å². The summed E-state index contributed by atoms with van der Waals surface area (Å²) in [5.41, 5.74) is 17.3. The molecule has 170 valence electrons. The second kappa shape index (κ2) is 8.54. The molecule has 0 saturated carbocycles. The number of nitrogens with two attached hydrogens (primary N) is 2. The highest BCUT2D eigenvalue weighted by Crippen LogP contribution is 2.37. The number of hydrogen-bond acceptors (Lipinski definition) is 9. The first-order valence-electron chi connectivity index (χ1n) is 10.3. The number of nitriles is 1. The molecule has 0 amide bonds. The Morgan fingerprint density at radius 2 is 2.15 bits per heavy atom. The summed E-state index contributed by atoms with van der Waals surface area (Å²) >= 11 is 0. The molecular weight excluding hydrogens is 425 g/mol. The summed E-state index contributed by atoms with van der Waals surface area (Å²) in [6.45, 7) is 3.47. The van der Waals surface area contributed by atoms with Crippen molar-refractivity contribution in [3.8, 4) is 11.8 Å². The highest BCUT2D eigenvalue weighted by Gasteiger charge is 2.36. The first-order valence-corrected chi connectivity index (χ1v) is 10.3. The topological polar surface area (TPSA) is 142 Å². The second-order valence-corrected chi connectivity index (χ2v) is 8.01. The lowest BCUT2D eigenvalue weighted by Crippen LogP contribution is -2.35. The quantitative estimate of drug-likeness (QED) is 0.482. The van der Waals surface area contributed by atoms with Crippen molar-refractivity contribution in [3.05, 3.63) is 64.9 Å². The third-order valence-corrected chi connectivity index (χ3v) is 5.44. The molecule has 0 fully saturated rings. The fraction of sp³-hybridized carbons (Fsp3) is 0.261. The van der Waals surface area contributed by atoms with Crippen molar-refractivity contribution in [1.82, 2.24) is 15.4 Å². The van der Waals surface area contributed by atoms with Crippen molar-refractivity contribution in [3.63, 3.8) is 0 Å². The molecule has 2 bridgehead atoms. The predicted molar refractivity (Wildman–Crippen MR) is 122 cm³/mol. The molecule has 0 radical (unpaired) electrons. The van der Waals surface area contributed by atoms with E-state index < -0.39 is 29.8 Å². The minimum atomic E-state index is -0.800. The van der Waals surface area contributed by atoms with Crippen LogP contribution in [0.2, 0.25) is 0 Å². The van der Waals surface area contributed by atoms with Crippen LogP contribution < -0.4 is 26.9 Å². The van der Waals surface area contributed by atoms with Gasteiger partial charge in [-0.15, -0.1) is 0 Å². The van der Waals surface area contributed by atoms with Crippen molar-refractivity contribution in [2.24, 2.45) is 5.73 Å². The van der Waals surface area contributed by atoms with E-state index in [0.29, 0.717) is 22.4 Å². The number of hydrogen-bond donors (Lipinski definition) is 4. The molecule has 2 aliphatic heterocycles. The normalized spacial score (nSPS) is 22.4. The smallest absolute Gasteiger partial charge is 0.226 e. The molecule has 33 heavy (non-hydrogen) atoms. The number of fused-ring (bicyclic) bond motifs is 4. The van der Waals surface area contributed by atoms with E-state index in [1.54, 1.807) is 33.0 Å². The largest absolute Gasteiger partial charge is 0.482 e.